The van der Waals surface area contributed by atoms with Gasteiger partial charge in [-0.15, -0.1) is 11.3 Å². The summed E-state index contributed by atoms with van der Waals surface area (Å²) >= 11 is 1.72. The van der Waals surface area contributed by atoms with Crippen molar-refractivity contribution in [2.24, 2.45) is 5.41 Å². The number of thiophene rings is 1. The fraction of sp³-hybridized carbons (Fsp3) is 0.500. The van der Waals surface area contributed by atoms with Crippen LogP contribution in [0, 0.1) is 5.41 Å². The summed E-state index contributed by atoms with van der Waals surface area (Å²) in [5.41, 5.74) is -0.427. The molecule has 0 saturated carbocycles. The van der Waals surface area contributed by atoms with Gasteiger partial charge in [0.15, 0.2) is 0 Å². The Morgan fingerprint density at radius 3 is 2.70 bits per heavy atom. The Morgan fingerprint density at radius 2 is 1.91 bits per heavy atom. The molecule has 0 aliphatic heterocycles. The second-order valence-corrected chi connectivity index (χ2v) is 6.90. The topological polar surface area (TPSA) is 44.8 Å². The van der Waals surface area contributed by atoms with Crippen molar-refractivity contribution in [1.82, 2.24) is 0 Å². The quantitative estimate of drug-likeness (QED) is 0.506. The standard InChI is InChI=1S/C18H24O4S/c1-4-18(2,3)17(19)22-11-9-20-8-10-21-15-5-6-16-14(13-15)7-12-23-16/h5-7,12-13H,4,8-11H2,1-3H3. The van der Waals surface area contributed by atoms with Gasteiger partial charge in [-0.2, -0.15) is 0 Å². The SMILES string of the molecule is CCC(C)(C)C(=O)OCCOCCOc1ccc2sccc2c1. The maximum Gasteiger partial charge on any atom is 0.311 e. The molecule has 126 valence electrons. The molecular formula is C18H24O4S. The Kier molecular flexibility index (Phi) is 6.42. The first kappa shape index (κ1) is 17.8. The molecule has 0 aliphatic rings. The second kappa shape index (κ2) is 8.31. The van der Waals surface area contributed by atoms with E-state index in [1.165, 1.54) is 10.1 Å². The van der Waals surface area contributed by atoms with Gasteiger partial charge in [-0.05, 0) is 55.3 Å². The van der Waals surface area contributed by atoms with Crippen LogP contribution in [0.25, 0.3) is 10.1 Å². The van der Waals surface area contributed by atoms with Crippen molar-refractivity contribution in [1.29, 1.82) is 0 Å². The van der Waals surface area contributed by atoms with Gasteiger partial charge in [-0.3, -0.25) is 4.79 Å². The highest BCUT2D eigenvalue weighted by Gasteiger charge is 2.26. The minimum Gasteiger partial charge on any atom is -0.491 e. The van der Waals surface area contributed by atoms with Crippen molar-refractivity contribution < 1.29 is 19.0 Å². The van der Waals surface area contributed by atoms with E-state index in [2.05, 4.69) is 17.5 Å². The smallest absolute Gasteiger partial charge is 0.311 e. The predicted molar refractivity (Wildman–Crippen MR) is 93.2 cm³/mol. The summed E-state index contributed by atoms with van der Waals surface area (Å²) in [5, 5.41) is 3.26. The average molecular weight is 336 g/mol. The fourth-order valence-electron chi connectivity index (χ4n) is 1.89. The van der Waals surface area contributed by atoms with Crippen molar-refractivity contribution in [2.75, 3.05) is 26.4 Å². The molecule has 23 heavy (non-hydrogen) atoms. The maximum absolute atomic E-state index is 11.8. The molecular weight excluding hydrogens is 312 g/mol. The number of benzene rings is 1. The Balaban J connectivity index is 1.58. The number of ether oxygens (including phenoxy) is 3. The maximum atomic E-state index is 11.8. The van der Waals surface area contributed by atoms with Crippen LogP contribution in [0.15, 0.2) is 29.6 Å². The van der Waals surface area contributed by atoms with E-state index in [9.17, 15) is 4.79 Å². The Morgan fingerprint density at radius 1 is 1.13 bits per heavy atom. The van der Waals surface area contributed by atoms with Crippen LogP contribution in [0.4, 0.5) is 0 Å². The van der Waals surface area contributed by atoms with Gasteiger partial charge in [0.05, 0.1) is 18.6 Å². The molecule has 5 heteroatoms. The van der Waals surface area contributed by atoms with Crippen molar-refractivity contribution in [3.05, 3.63) is 29.6 Å². The molecule has 0 atom stereocenters. The van der Waals surface area contributed by atoms with Crippen molar-refractivity contribution in [3.63, 3.8) is 0 Å². The Labute approximate surface area is 141 Å². The normalized spacial score (nSPS) is 11.6. The number of fused-ring (bicyclic) bond motifs is 1. The first-order chi connectivity index (χ1) is 11.0. The van der Waals surface area contributed by atoms with Gasteiger partial charge in [0.2, 0.25) is 0 Å². The van der Waals surface area contributed by atoms with E-state index in [4.69, 9.17) is 14.2 Å². The van der Waals surface area contributed by atoms with Crippen LogP contribution in [0.1, 0.15) is 27.2 Å². The first-order valence-electron chi connectivity index (χ1n) is 7.88. The molecule has 1 aromatic heterocycles. The van der Waals surface area contributed by atoms with Gasteiger partial charge >= 0.3 is 5.97 Å². The zero-order valence-electron chi connectivity index (χ0n) is 14.0. The second-order valence-electron chi connectivity index (χ2n) is 5.95. The highest BCUT2D eigenvalue weighted by Crippen LogP contribution is 2.25. The zero-order chi connectivity index (χ0) is 16.7. The largest absolute Gasteiger partial charge is 0.491 e. The van der Waals surface area contributed by atoms with Crippen LogP contribution in [0.2, 0.25) is 0 Å². The third-order valence-corrected chi connectivity index (χ3v) is 4.72. The highest BCUT2D eigenvalue weighted by molar-refractivity contribution is 7.17. The molecule has 0 N–H and O–H groups in total. The van der Waals surface area contributed by atoms with Gasteiger partial charge in [-0.25, -0.2) is 0 Å². The van der Waals surface area contributed by atoms with E-state index >= 15 is 0 Å². The molecule has 0 aliphatic carbocycles. The summed E-state index contributed by atoms with van der Waals surface area (Å²) in [6.07, 6.45) is 0.759. The van der Waals surface area contributed by atoms with E-state index in [0.717, 1.165) is 12.2 Å². The summed E-state index contributed by atoms with van der Waals surface area (Å²) in [6, 6.07) is 8.13. The number of carbonyl (C=O) groups is 1. The molecule has 0 bridgehead atoms. The van der Waals surface area contributed by atoms with Crippen LogP contribution < -0.4 is 4.74 Å². The summed E-state index contributed by atoms with van der Waals surface area (Å²) < 4.78 is 17.5. The van der Waals surface area contributed by atoms with E-state index in [-0.39, 0.29) is 12.6 Å². The van der Waals surface area contributed by atoms with Crippen LogP contribution >= 0.6 is 11.3 Å². The molecule has 1 heterocycles. The lowest BCUT2D eigenvalue weighted by Gasteiger charge is -2.20. The number of hydrogen-bond acceptors (Lipinski definition) is 5. The average Bonchev–Trinajstić information content (AvgIpc) is 3.01. The number of hydrogen-bond donors (Lipinski definition) is 0. The van der Waals surface area contributed by atoms with Crippen molar-refractivity contribution in [2.45, 2.75) is 27.2 Å². The first-order valence-corrected chi connectivity index (χ1v) is 8.76. The minimum absolute atomic E-state index is 0.177. The number of rotatable bonds is 9. The van der Waals surface area contributed by atoms with Gasteiger partial charge in [-0.1, -0.05) is 6.92 Å². The molecule has 0 unspecified atom stereocenters. The summed E-state index contributed by atoms with van der Waals surface area (Å²) in [6.45, 7) is 7.35. The third kappa shape index (κ3) is 5.22. The minimum atomic E-state index is -0.427. The molecule has 4 nitrogen and oxygen atoms in total. The highest BCUT2D eigenvalue weighted by atomic mass is 32.1. The fourth-order valence-corrected chi connectivity index (χ4v) is 2.66. The van der Waals surface area contributed by atoms with Gasteiger partial charge in [0.1, 0.15) is 19.0 Å². The van der Waals surface area contributed by atoms with E-state index in [1.54, 1.807) is 11.3 Å². The molecule has 0 radical (unpaired) electrons. The molecule has 0 fully saturated rings. The lowest BCUT2D eigenvalue weighted by atomic mass is 9.91. The number of esters is 1. The molecule has 1 aromatic carbocycles. The molecule has 0 spiro atoms. The predicted octanol–water partition coefficient (Wildman–Crippen LogP) is 4.28. The Bertz CT molecular complexity index is 633. The Hall–Kier alpha value is -1.59. The summed E-state index contributed by atoms with van der Waals surface area (Å²) in [7, 11) is 0. The molecule has 0 amide bonds. The van der Waals surface area contributed by atoms with E-state index in [0.29, 0.717) is 19.8 Å². The van der Waals surface area contributed by atoms with Crippen LogP contribution in [-0.2, 0) is 14.3 Å². The van der Waals surface area contributed by atoms with Crippen LogP contribution in [0.3, 0.4) is 0 Å². The van der Waals surface area contributed by atoms with Crippen LogP contribution in [-0.4, -0.2) is 32.4 Å². The summed E-state index contributed by atoms with van der Waals surface area (Å²) in [5.74, 6) is 0.666. The number of carbonyl (C=O) groups excluding carboxylic acids is 1. The zero-order valence-corrected chi connectivity index (χ0v) is 14.8. The molecule has 2 aromatic rings. The van der Waals surface area contributed by atoms with Gasteiger partial charge < -0.3 is 14.2 Å². The van der Waals surface area contributed by atoms with Crippen molar-refractivity contribution in [3.8, 4) is 5.75 Å². The van der Waals surface area contributed by atoms with Gasteiger partial charge in [0, 0.05) is 4.70 Å². The third-order valence-electron chi connectivity index (χ3n) is 3.82. The van der Waals surface area contributed by atoms with Crippen molar-refractivity contribution >= 4 is 27.4 Å². The molecule has 0 saturated heterocycles. The van der Waals surface area contributed by atoms with E-state index < -0.39 is 5.41 Å². The summed E-state index contributed by atoms with van der Waals surface area (Å²) in [4.78, 5) is 11.8. The monoisotopic (exact) mass is 336 g/mol. The van der Waals surface area contributed by atoms with Gasteiger partial charge in [0.25, 0.3) is 0 Å². The van der Waals surface area contributed by atoms with Crippen LogP contribution in [0.5, 0.6) is 5.75 Å². The lowest BCUT2D eigenvalue weighted by molar-refractivity contribution is -0.155. The molecule has 2 rings (SSSR count). The van der Waals surface area contributed by atoms with E-state index in [1.807, 2.05) is 32.9 Å². The lowest BCUT2D eigenvalue weighted by Crippen LogP contribution is -2.27.